The Bertz CT molecular complexity index is 546. The lowest BCUT2D eigenvalue weighted by atomic mass is 10.2. The van der Waals surface area contributed by atoms with Gasteiger partial charge in [0.25, 0.3) is 0 Å². The quantitative estimate of drug-likeness (QED) is 0.831. The Labute approximate surface area is 108 Å². The van der Waals surface area contributed by atoms with E-state index in [-0.39, 0.29) is 6.04 Å². The van der Waals surface area contributed by atoms with Crippen LogP contribution in [0, 0.1) is 11.8 Å². The average molecular weight is 239 g/mol. The minimum Gasteiger partial charge on any atom is -0.299 e. The number of rotatable bonds is 4. The standard InChI is InChI=1S/C15H17N3/c1-3-4-10-16-13(2)14-11-17-18(12-14)15-8-6-5-7-9-15/h5-9,11-13,16H,10H2,1-2H3. The minimum atomic E-state index is 0.253. The average Bonchev–Trinajstić information content (AvgIpc) is 2.89. The van der Waals surface area contributed by atoms with Crippen molar-refractivity contribution in [3.8, 4) is 17.5 Å². The maximum Gasteiger partial charge on any atom is 0.0645 e. The van der Waals surface area contributed by atoms with E-state index >= 15 is 0 Å². The molecular weight excluding hydrogens is 222 g/mol. The zero-order valence-electron chi connectivity index (χ0n) is 10.7. The van der Waals surface area contributed by atoms with Gasteiger partial charge in [-0.05, 0) is 26.0 Å². The van der Waals surface area contributed by atoms with Crippen molar-refractivity contribution in [2.24, 2.45) is 0 Å². The number of benzene rings is 1. The van der Waals surface area contributed by atoms with Crippen LogP contribution in [0.25, 0.3) is 5.69 Å². The Balaban J connectivity index is 2.07. The van der Waals surface area contributed by atoms with Gasteiger partial charge < -0.3 is 0 Å². The molecule has 18 heavy (non-hydrogen) atoms. The molecule has 1 aromatic heterocycles. The predicted octanol–water partition coefficient (Wildman–Crippen LogP) is 2.55. The van der Waals surface area contributed by atoms with E-state index in [9.17, 15) is 0 Å². The van der Waals surface area contributed by atoms with Crippen LogP contribution in [0.3, 0.4) is 0 Å². The number of hydrogen-bond acceptors (Lipinski definition) is 2. The third kappa shape index (κ3) is 2.99. The third-order valence-electron chi connectivity index (χ3n) is 2.80. The molecule has 0 aliphatic heterocycles. The smallest absolute Gasteiger partial charge is 0.0645 e. The summed E-state index contributed by atoms with van der Waals surface area (Å²) in [7, 11) is 0. The molecule has 3 nitrogen and oxygen atoms in total. The molecule has 1 aromatic carbocycles. The second kappa shape index (κ2) is 6.04. The van der Waals surface area contributed by atoms with Gasteiger partial charge in [-0.15, -0.1) is 5.92 Å². The Morgan fingerprint density at radius 2 is 2.11 bits per heavy atom. The first kappa shape index (κ1) is 12.4. The largest absolute Gasteiger partial charge is 0.299 e. The first-order chi connectivity index (χ1) is 8.81. The molecule has 0 amide bonds. The summed E-state index contributed by atoms with van der Waals surface area (Å²) >= 11 is 0. The number of hydrogen-bond donors (Lipinski definition) is 1. The van der Waals surface area contributed by atoms with Crippen LogP contribution in [0.4, 0.5) is 0 Å². The van der Waals surface area contributed by atoms with Gasteiger partial charge in [-0.1, -0.05) is 24.1 Å². The van der Waals surface area contributed by atoms with Crippen molar-refractivity contribution in [2.75, 3.05) is 6.54 Å². The molecule has 2 rings (SSSR count). The maximum absolute atomic E-state index is 4.38. The molecule has 3 heteroatoms. The van der Waals surface area contributed by atoms with Gasteiger partial charge in [0.05, 0.1) is 18.4 Å². The summed E-state index contributed by atoms with van der Waals surface area (Å²) in [4.78, 5) is 0. The van der Waals surface area contributed by atoms with E-state index in [1.54, 1.807) is 0 Å². The fraction of sp³-hybridized carbons (Fsp3) is 0.267. The predicted molar refractivity (Wildman–Crippen MR) is 73.4 cm³/mol. The van der Waals surface area contributed by atoms with E-state index in [0.29, 0.717) is 6.54 Å². The normalized spacial score (nSPS) is 11.7. The van der Waals surface area contributed by atoms with Crippen LogP contribution in [0.5, 0.6) is 0 Å². The minimum absolute atomic E-state index is 0.253. The molecule has 0 saturated heterocycles. The monoisotopic (exact) mass is 239 g/mol. The zero-order valence-corrected chi connectivity index (χ0v) is 10.7. The molecule has 0 aliphatic carbocycles. The summed E-state index contributed by atoms with van der Waals surface area (Å²) in [5.41, 5.74) is 2.24. The molecule has 0 radical (unpaired) electrons. The number of para-hydroxylation sites is 1. The summed E-state index contributed by atoms with van der Waals surface area (Å²) in [6, 6.07) is 10.4. The molecule has 1 atom stereocenters. The van der Waals surface area contributed by atoms with E-state index in [4.69, 9.17) is 0 Å². The van der Waals surface area contributed by atoms with Crippen LogP contribution in [0.15, 0.2) is 42.7 Å². The highest BCUT2D eigenvalue weighted by Crippen LogP contribution is 2.13. The SMILES string of the molecule is CC#CCNC(C)c1cnn(-c2ccccc2)c1. The topological polar surface area (TPSA) is 29.9 Å². The van der Waals surface area contributed by atoms with Crippen LogP contribution < -0.4 is 5.32 Å². The lowest BCUT2D eigenvalue weighted by molar-refractivity contribution is 0.623. The van der Waals surface area contributed by atoms with Crippen molar-refractivity contribution in [3.63, 3.8) is 0 Å². The second-order valence-corrected chi connectivity index (χ2v) is 4.08. The Morgan fingerprint density at radius 1 is 1.33 bits per heavy atom. The Hall–Kier alpha value is -2.05. The fourth-order valence-electron chi connectivity index (χ4n) is 1.69. The molecule has 1 heterocycles. The van der Waals surface area contributed by atoms with Crippen molar-refractivity contribution < 1.29 is 0 Å². The zero-order chi connectivity index (χ0) is 12.8. The van der Waals surface area contributed by atoms with E-state index in [2.05, 4.69) is 29.2 Å². The number of nitrogens with zero attached hydrogens (tertiary/aromatic N) is 2. The highest BCUT2D eigenvalue weighted by Gasteiger charge is 2.07. The van der Waals surface area contributed by atoms with E-state index in [0.717, 1.165) is 11.3 Å². The van der Waals surface area contributed by atoms with Gasteiger partial charge in [0.1, 0.15) is 0 Å². The van der Waals surface area contributed by atoms with Crippen LogP contribution in [0.1, 0.15) is 25.5 Å². The molecule has 1 unspecified atom stereocenters. The molecule has 2 aromatic rings. The van der Waals surface area contributed by atoms with Crippen LogP contribution in [-0.2, 0) is 0 Å². The summed E-state index contributed by atoms with van der Waals surface area (Å²) in [6.45, 7) is 4.66. The maximum atomic E-state index is 4.38. The molecule has 0 spiro atoms. The van der Waals surface area contributed by atoms with Crippen LogP contribution in [0.2, 0.25) is 0 Å². The summed E-state index contributed by atoms with van der Waals surface area (Å²) < 4.78 is 1.89. The van der Waals surface area contributed by atoms with Gasteiger partial charge >= 0.3 is 0 Å². The molecule has 0 fully saturated rings. The van der Waals surface area contributed by atoms with Crippen LogP contribution >= 0.6 is 0 Å². The van der Waals surface area contributed by atoms with Gasteiger partial charge in [0.2, 0.25) is 0 Å². The summed E-state index contributed by atoms with van der Waals surface area (Å²) in [5, 5.41) is 7.71. The van der Waals surface area contributed by atoms with Crippen molar-refractivity contribution >= 4 is 0 Å². The number of aromatic nitrogens is 2. The van der Waals surface area contributed by atoms with E-state index < -0.39 is 0 Å². The lowest BCUT2D eigenvalue weighted by Crippen LogP contribution is -2.18. The molecule has 0 bridgehead atoms. The van der Waals surface area contributed by atoms with Gasteiger partial charge in [-0.25, -0.2) is 4.68 Å². The van der Waals surface area contributed by atoms with Gasteiger partial charge in [0, 0.05) is 17.8 Å². The van der Waals surface area contributed by atoms with Gasteiger partial charge in [-0.2, -0.15) is 5.10 Å². The van der Waals surface area contributed by atoms with Crippen molar-refractivity contribution in [3.05, 3.63) is 48.3 Å². The highest BCUT2D eigenvalue weighted by atomic mass is 15.3. The van der Waals surface area contributed by atoms with Crippen molar-refractivity contribution in [1.29, 1.82) is 0 Å². The molecule has 92 valence electrons. The lowest BCUT2D eigenvalue weighted by Gasteiger charge is -2.08. The van der Waals surface area contributed by atoms with E-state index in [1.807, 2.05) is 54.3 Å². The third-order valence-corrected chi connectivity index (χ3v) is 2.80. The number of nitrogens with one attached hydrogen (secondary N) is 1. The Kier molecular flexibility index (Phi) is 4.16. The molecule has 0 aliphatic rings. The van der Waals surface area contributed by atoms with E-state index in [1.165, 1.54) is 0 Å². The summed E-state index contributed by atoms with van der Waals surface area (Å²) in [6.07, 6.45) is 3.94. The molecular formula is C15H17N3. The Morgan fingerprint density at radius 3 is 2.83 bits per heavy atom. The van der Waals surface area contributed by atoms with Gasteiger partial charge in [0.15, 0.2) is 0 Å². The van der Waals surface area contributed by atoms with Crippen molar-refractivity contribution in [2.45, 2.75) is 19.9 Å². The highest BCUT2D eigenvalue weighted by molar-refractivity contribution is 5.31. The summed E-state index contributed by atoms with van der Waals surface area (Å²) in [5.74, 6) is 5.87. The van der Waals surface area contributed by atoms with Crippen LogP contribution in [-0.4, -0.2) is 16.3 Å². The first-order valence-electron chi connectivity index (χ1n) is 6.04. The van der Waals surface area contributed by atoms with Gasteiger partial charge in [-0.3, -0.25) is 5.32 Å². The van der Waals surface area contributed by atoms with Crippen molar-refractivity contribution in [1.82, 2.24) is 15.1 Å². The fourth-order valence-corrected chi connectivity index (χ4v) is 1.69. The molecule has 0 saturated carbocycles. The first-order valence-corrected chi connectivity index (χ1v) is 6.04. The molecule has 1 N–H and O–H groups in total. The second-order valence-electron chi connectivity index (χ2n) is 4.08.